The van der Waals surface area contributed by atoms with E-state index in [1.165, 1.54) is 13.8 Å². The van der Waals surface area contributed by atoms with Crippen molar-refractivity contribution in [3.63, 3.8) is 0 Å². The minimum atomic E-state index is -5.87. The van der Waals surface area contributed by atoms with Gasteiger partial charge < -0.3 is 5.11 Å². The fraction of sp³-hybridized carbons (Fsp3) is 0.455. The first-order valence-electron chi connectivity index (χ1n) is 4.87. The van der Waals surface area contributed by atoms with Crippen molar-refractivity contribution in [2.24, 2.45) is 0 Å². The standard InChI is InChI=1S/C11H10F6O/c1-5-3-7(4-6(2)8(5)12)9(18)10(13,14)11(15,16)17/h3-4,9,18H,1-2H3. The zero-order valence-electron chi connectivity index (χ0n) is 9.45. The third-order valence-corrected chi connectivity index (χ3v) is 2.50. The molecule has 0 bridgehead atoms. The Labute approximate surface area is 99.0 Å². The van der Waals surface area contributed by atoms with Crippen molar-refractivity contribution >= 4 is 0 Å². The van der Waals surface area contributed by atoms with Crippen LogP contribution in [0.15, 0.2) is 12.1 Å². The third-order valence-electron chi connectivity index (χ3n) is 2.50. The first kappa shape index (κ1) is 14.8. The maximum atomic E-state index is 13.2. The molecule has 1 N–H and O–H groups in total. The number of rotatable bonds is 2. The Morgan fingerprint density at radius 2 is 1.39 bits per heavy atom. The van der Waals surface area contributed by atoms with Gasteiger partial charge in [-0.3, -0.25) is 0 Å². The van der Waals surface area contributed by atoms with E-state index in [0.717, 1.165) is 12.1 Å². The highest BCUT2D eigenvalue weighted by Crippen LogP contribution is 2.44. The smallest absolute Gasteiger partial charge is 0.382 e. The van der Waals surface area contributed by atoms with Gasteiger partial charge in [-0.1, -0.05) is 12.1 Å². The van der Waals surface area contributed by atoms with Crippen molar-refractivity contribution in [1.82, 2.24) is 0 Å². The lowest BCUT2D eigenvalue weighted by Crippen LogP contribution is -2.42. The predicted molar refractivity (Wildman–Crippen MR) is 51.8 cm³/mol. The van der Waals surface area contributed by atoms with Gasteiger partial charge in [0.2, 0.25) is 0 Å². The zero-order valence-corrected chi connectivity index (χ0v) is 9.45. The third kappa shape index (κ3) is 2.45. The lowest BCUT2D eigenvalue weighted by atomic mass is 9.98. The molecule has 0 heterocycles. The van der Waals surface area contributed by atoms with E-state index in [9.17, 15) is 26.3 Å². The van der Waals surface area contributed by atoms with E-state index in [4.69, 9.17) is 5.11 Å². The van der Waals surface area contributed by atoms with Crippen molar-refractivity contribution in [2.75, 3.05) is 0 Å². The molecule has 0 aromatic heterocycles. The molecule has 1 nitrogen and oxygen atoms in total. The lowest BCUT2D eigenvalue weighted by molar-refractivity contribution is -0.315. The summed E-state index contributed by atoms with van der Waals surface area (Å²) in [5.41, 5.74) is -0.891. The second-order valence-corrected chi connectivity index (χ2v) is 3.99. The first-order valence-corrected chi connectivity index (χ1v) is 4.87. The minimum Gasteiger partial charge on any atom is -0.382 e. The number of aliphatic hydroxyl groups excluding tert-OH is 1. The van der Waals surface area contributed by atoms with Gasteiger partial charge in [-0.2, -0.15) is 22.0 Å². The Morgan fingerprint density at radius 1 is 1.00 bits per heavy atom. The number of hydrogen-bond donors (Lipinski definition) is 1. The average molecular weight is 272 g/mol. The van der Waals surface area contributed by atoms with Crippen LogP contribution in [0.2, 0.25) is 0 Å². The average Bonchev–Trinajstić information content (AvgIpc) is 2.22. The highest BCUT2D eigenvalue weighted by atomic mass is 19.4. The molecule has 0 radical (unpaired) electrons. The van der Waals surface area contributed by atoms with Crippen molar-refractivity contribution < 1.29 is 31.4 Å². The van der Waals surface area contributed by atoms with Crippen molar-refractivity contribution in [3.05, 3.63) is 34.6 Å². The normalized spacial score (nSPS) is 14.7. The molecular weight excluding hydrogens is 262 g/mol. The summed E-state index contributed by atoms with van der Waals surface area (Å²) in [7, 11) is 0. The Kier molecular flexibility index (Phi) is 3.67. The van der Waals surface area contributed by atoms with Gasteiger partial charge >= 0.3 is 12.1 Å². The van der Waals surface area contributed by atoms with Crippen LogP contribution in [-0.2, 0) is 0 Å². The number of alkyl halides is 5. The van der Waals surface area contributed by atoms with Gasteiger partial charge in [0.15, 0.2) is 6.10 Å². The summed E-state index contributed by atoms with van der Waals surface area (Å²) in [5.74, 6) is -6.00. The number of aryl methyl sites for hydroxylation is 2. The molecule has 0 saturated heterocycles. The largest absolute Gasteiger partial charge is 0.456 e. The van der Waals surface area contributed by atoms with Gasteiger partial charge in [0.05, 0.1) is 0 Å². The van der Waals surface area contributed by atoms with Crippen LogP contribution in [0.25, 0.3) is 0 Å². The number of aliphatic hydroxyl groups is 1. The SMILES string of the molecule is Cc1cc(C(O)C(F)(F)C(F)(F)F)cc(C)c1F. The fourth-order valence-electron chi connectivity index (χ4n) is 1.50. The van der Waals surface area contributed by atoms with E-state index in [1.807, 2.05) is 0 Å². The fourth-order valence-corrected chi connectivity index (χ4v) is 1.50. The maximum absolute atomic E-state index is 13.2. The van der Waals surface area contributed by atoms with Crippen LogP contribution in [0.3, 0.4) is 0 Å². The van der Waals surface area contributed by atoms with Gasteiger partial charge in [-0.05, 0) is 30.5 Å². The van der Waals surface area contributed by atoms with Crippen LogP contribution in [0.5, 0.6) is 0 Å². The van der Waals surface area contributed by atoms with Gasteiger partial charge in [0, 0.05) is 0 Å². The van der Waals surface area contributed by atoms with Crippen LogP contribution >= 0.6 is 0 Å². The molecule has 1 atom stereocenters. The predicted octanol–water partition coefficient (Wildman–Crippen LogP) is 3.67. The minimum absolute atomic E-state index is 0.109. The highest BCUT2D eigenvalue weighted by Gasteiger charge is 2.62. The van der Waals surface area contributed by atoms with Crippen molar-refractivity contribution in [2.45, 2.75) is 32.1 Å². The molecule has 1 rings (SSSR count). The summed E-state index contributed by atoms with van der Waals surface area (Å²) < 4.78 is 75.2. The molecular formula is C11H10F6O. The number of benzene rings is 1. The topological polar surface area (TPSA) is 20.2 Å². The molecule has 0 saturated carbocycles. The molecule has 0 fully saturated rings. The van der Waals surface area contributed by atoms with E-state index in [-0.39, 0.29) is 11.1 Å². The second-order valence-electron chi connectivity index (χ2n) is 3.99. The molecule has 0 aliphatic heterocycles. The van der Waals surface area contributed by atoms with E-state index in [2.05, 4.69) is 0 Å². The first-order chi connectivity index (χ1) is 7.98. The number of hydrogen-bond acceptors (Lipinski definition) is 1. The molecule has 7 heteroatoms. The number of halogens is 6. The quantitative estimate of drug-likeness (QED) is 0.814. The summed E-state index contributed by atoms with van der Waals surface area (Å²) >= 11 is 0. The van der Waals surface area contributed by atoms with Gasteiger partial charge in [-0.25, -0.2) is 4.39 Å². The molecule has 0 aliphatic carbocycles. The monoisotopic (exact) mass is 272 g/mol. The highest BCUT2D eigenvalue weighted by molar-refractivity contribution is 5.32. The Morgan fingerprint density at radius 3 is 1.72 bits per heavy atom. The summed E-state index contributed by atoms with van der Waals surface area (Å²) in [6, 6.07) is 1.54. The van der Waals surface area contributed by atoms with Gasteiger partial charge in [0.1, 0.15) is 5.82 Å². The van der Waals surface area contributed by atoms with Crippen LogP contribution < -0.4 is 0 Å². The van der Waals surface area contributed by atoms with Crippen LogP contribution in [0.1, 0.15) is 22.8 Å². The van der Waals surface area contributed by atoms with Crippen molar-refractivity contribution in [1.29, 1.82) is 0 Å². The Hall–Kier alpha value is -1.24. The van der Waals surface area contributed by atoms with Crippen molar-refractivity contribution in [3.8, 4) is 0 Å². The Bertz CT molecular complexity index is 428. The van der Waals surface area contributed by atoms with Crippen LogP contribution in [-0.4, -0.2) is 17.2 Å². The van der Waals surface area contributed by atoms with E-state index in [0.29, 0.717) is 0 Å². The molecule has 1 aromatic carbocycles. The molecule has 102 valence electrons. The van der Waals surface area contributed by atoms with E-state index in [1.54, 1.807) is 0 Å². The Balaban J connectivity index is 3.24. The molecule has 1 aromatic rings. The maximum Gasteiger partial charge on any atom is 0.456 e. The van der Waals surface area contributed by atoms with Crippen LogP contribution in [0.4, 0.5) is 26.3 Å². The second kappa shape index (κ2) is 4.46. The molecule has 1 unspecified atom stereocenters. The summed E-state index contributed by atoms with van der Waals surface area (Å²) in [6.45, 7) is 2.43. The van der Waals surface area contributed by atoms with Crippen LogP contribution in [0, 0.1) is 19.7 Å². The van der Waals surface area contributed by atoms with E-state index < -0.39 is 29.6 Å². The van der Waals surface area contributed by atoms with Gasteiger partial charge in [-0.15, -0.1) is 0 Å². The van der Waals surface area contributed by atoms with E-state index >= 15 is 0 Å². The van der Waals surface area contributed by atoms with Gasteiger partial charge in [0.25, 0.3) is 0 Å². The molecule has 0 amide bonds. The molecule has 0 aliphatic rings. The molecule has 18 heavy (non-hydrogen) atoms. The summed E-state index contributed by atoms with van der Waals surface area (Å²) in [4.78, 5) is 0. The molecule has 0 spiro atoms. The summed E-state index contributed by atoms with van der Waals surface area (Å²) in [6.07, 6.45) is -8.93. The lowest BCUT2D eigenvalue weighted by Gasteiger charge is -2.25. The summed E-state index contributed by atoms with van der Waals surface area (Å²) in [5, 5.41) is 9.13. The zero-order chi connectivity index (χ0) is 14.3.